The zero-order chi connectivity index (χ0) is 16.1. The van der Waals surface area contributed by atoms with Crippen molar-refractivity contribution in [3.63, 3.8) is 0 Å². The van der Waals surface area contributed by atoms with Crippen molar-refractivity contribution in [2.24, 2.45) is 0 Å². The molecule has 0 bridgehead atoms. The number of aromatic nitrogens is 2. The van der Waals surface area contributed by atoms with Crippen LogP contribution in [0.15, 0.2) is 67.0 Å². The number of amides is 1. The Morgan fingerprint density at radius 2 is 1.61 bits per heavy atom. The van der Waals surface area contributed by atoms with Crippen LogP contribution in [0.1, 0.15) is 10.4 Å². The largest absolute Gasteiger partial charge is 0.324 e. The number of carbonyl (C=O) groups excluding carboxylic acids is 1. The highest BCUT2D eigenvalue weighted by Crippen LogP contribution is 2.16. The molecule has 1 amide bonds. The molecule has 0 saturated heterocycles. The van der Waals surface area contributed by atoms with Gasteiger partial charge in [0.05, 0.1) is 5.56 Å². The van der Waals surface area contributed by atoms with Gasteiger partial charge in [0.15, 0.2) is 0 Å². The molecule has 0 aliphatic rings. The maximum absolute atomic E-state index is 12.1. The van der Waals surface area contributed by atoms with Crippen LogP contribution in [0.5, 0.6) is 0 Å². The molecule has 1 aromatic heterocycles. The first-order valence-electron chi connectivity index (χ1n) is 6.92. The lowest BCUT2D eigenvalue weighted by molar-refractivity contribution is 0.102. The van der Waals surface area contributed by atoms with E-state index in [4.69, 9.17) is 11.6 Å². The highest BCUT2D eigenvalue weighted by Gasteiger charge is 2.08. The predicted octanol–water partition coefficient (Wildman–Crippen LogP) is 4.13. The molecule has 0 aliphatic heterocycles. The second-order valence-corrected chi connectivity index (χ2v) is 5.19. The Kier molecular flexibility index (Phi) is 4.49. The fourth-order valence-corrected chi connectivity index (χ4v) is 2.12. The van der Waals surface area contributed by atoms with Crippen molar-refractivity contribution in [3.05, 3.63) is 77.6 Å². The number of nitrogens with one attached hydrogen (secondary N) is 2. The average Bonchev–Trinajstić information content (AvgIpc) is 2.56. The van der Waals surface area contributed by atoms with E-state index in [0.29, 0.717) is 22.2 Å². The quantitative estimate of drug-likeness (QED) is 0.757. The van der Waals surface area contributed by atoms with Crippen LogP contribution < -0.4 is 10.6 Å². The number of carbonyl (C=O) groups is 1. The van der Waals surface area contributed by atoms with Crippen LogP contribution >= 0.6 is 11.6 Å². The van der Waals surface area contributed by atoms with Crippen molar-refractivity contribution in [3.8, 4) is 0 Å². The Morgan fingerprint density at radius 3 is 2.30 bits per heavy atom. The SMILES string of the molecule is O=C(Nc1cccc(Cl)c1)c1cnc(Nc2ccccc2)nc1. The van der Waals surface area contributed by atoms with E-state index in [9.17, 15) is 4.79 Å². The third-order valence-corrected chi connectivity index (χ3v) is 3.26. The van der Waals surface area contributed by atoms with Gasteiger partial charge < -0.3 is 10.6 Å². The van der Waals surface area contributed by atoms with Crippen LogP contribution in [-0.2, 0) is 0 Å². The van der Waals surface area contributed by atoms with Gasteiger partial charge in [-0.15, -0.1) is 0 Å². The summed E-state index contributed by atoms with van der Waals surface area (Å²) in [6.07, 6.45) is 2.94. The van der Waals surface area contributed by atoms with Gasteiger partial charge in [0.25, 0.3) is 5.91 Å². The molecule has 3 rings (SSSR count). The van der Waals surface area contributed by atoms with E-state index >= 15 is 0 Å². The van der Waals surface area contributed by atoms with Gasteiger partial charge in [-0.2, -0.15) is 0 Å². The van der Waals surface area contributed by atoms with Crippen molar-refractivity contribution in [1.82, 2.24) is 9.97 Å². The fraction of sp³-hybridized carbons (Fsp3) is 0. The highest BCUT2D eigenvalue weighted by atomic mass is 35.5. The summed E-state index contributed by atoms with van der Waals surface area (Å²) in [5.74, 6) is 0.133. The molecule has 114 valence electrons. The lowest BCUT2D eigenvalue weighted by atomic mass is 10.3. The summed E-state index contributed by atoms with van der Waals surface area (Å²) in [6.45, 7) is 0. The van der Waals surface area contributed by atoms with Gasteiger partial charge in [-0.3, -0.25) is 4.79 Å². The minimum Gasteiger partial charge on any atom is -0.324 e. The van der Waals surface area contributed by atoms with Crippen molar-refractivity contribution in [2.45, 2.75) is 0 Å². The molecule has 0 fully saturated rings. The summed E-state index contributed by atoms with van der Waals surface area (Å²) in [7, 11) is 0. The van der Waals surface area contributed by atoms with E-state index < -0.39 is 0 Å². The molecule has 5 nitrogen and oxygen atoms in total. The summed E-state index contributed by atoms with van der Waals surface area (Å²) in [4.78, 5) is 20.4. The molecule has 0 aliphatic carbocycles. The van der Waals surface area contributed by atoms with Gasteiger partial charge in [-0.25, -0.2) is 9.97 Å². The monoisotopic (exact) mass is 324 g/mol. The standard InChI is InChI=1S/C17H13ClN4O/c18-13-5-4-8-15(9-13)21-16(23)12-10-19-17(20-11-12)22-14-6-2-1-3-7-14/h1-11H,(H,21,23)(H,19,20,22). The van der Waals surface area contributed by atoms with Crippen LogP contribution in [0.25, 0.3) is 0 Å². The zero-order valence-corrected chi connectivity index (χ0v) is 12.8. The Bertz CT molecular complexity index is 806. The molecule has 0 atom stereocenters. The number of hydrogen-bond donors (Lipinski definition) is 2. The number of halogens is 1. The van der Waals surface area contributed by atoms with Crippen LogP contribution in [0.3, 0.4) is 0 Å². The van der Waals surface area contributed by atoms with Gasteiger partial charge >= 0.3 is 0 Å². The minimum atomic E-state index is -0.293. The van der Waals surface area contributed by atoms with Gasteiger partial charge in [-0.05, 0) is 30.3 Å². The van der Waals surface area contributed by atoms with Gasteiger partial charge in [0, 0.05) is 28.8 Å². The summed E-state index contributed by atoms with van der Waals surface area (Å²) >= 11 is 5.89. The van der Waals surface area contributed by atoms with Crippen molar-refractivity contribution < 1.29 is 4.79 Å². The maximum Gasteiger partial charge on any atom is 0.258 e. The Morgan fingerprint density at radius 1 is 0.913 bits per heavy atom. The Hall–Kier alpha value is -2.92. The summed E-state index contributed by atoms with van der Waals surface area (Å²) in [6, 6.07) is 16.5. The third-order valence-electron chi connectivity index (χ3n) is 3.03. The number of benzene rings is 2. The Balaban J connectivity index is 1.68. The second-order valence-electron chi connectivity index (χ2n) is 4.75. The molecule has 0 unspecified atom stereocenters. The number of nitrogens with zero attached hydrogens (tertiary/aromatic N) is 2. The first-order valence-corrected chi connectivity index (χ1v) is 7.29. The number of para-hydroxylation sites is 1. The van der Waals surface area contributed by atoms with E-state index in [1.807, 2.05) is 30.3 Å². The van der Waals surface area contributed by atoms with Crippen LogP contribution in [-0.4, -0.2) is 15.9 Å². The van der Waals surface area contributed by atoms with Crippen LogP contribution in [0.4, 0.5) is 17.3 Å². The topological polar surface area (TPSA) is 66.9 Å². The molecule has 0 radical (unpaired) electrons. The van der Waals surface area contributed by atoms with Crippen molar-refractivity contribution in [1.29, 1.82) is 0 Å². The molecular formula is C17H13ClN4O. The maximum atomic E-state index is 12.1. The van der Waals surface area contributed by atoms with Crippen molar-refractivity contribution in [2.75, 3.05) is 10.6 Å². The normalized spacial score (nSPS) is 10.1. The van der Waals surface area contributed by atoms with Crippen LogP contribution in [0.2, 0.25) is 5.02 Å². The van der Waals surface area contributed by atoms with E-state index in [2.05, 4.69) is 20.6 Å². The molecule has 0 saturated carbocycles. The second kappa shape index (κ2) is 6.89. The first-order chi connectivity index (χ1) is 11.2. The average molecular weight is 325 g/mol. The lowest BCUT2D eigenvalue weighted by Crippen LogP contribution is -2.13. The summed E-state index contributed by atoms with van der Waals surface area (Å²) < 4.78 is 0. The first kappa shape index (κ1) is 15.0. The molecule has 1 heterocycles. The minimum absolute atomic E-state index is 0.293. The highest BCUT2D eigenvalue weighted by molar-refractivity contribution is 6.30. The summed E-state index contributed by atoms with van der Waals surface area (Å²) in [5, 5.41) is 6.36. The summed E-state index contributed by atoms with van der Waals surface area (Å²) in [5.41, 5.74) is 1.86. The molecule has 2 N–H and O–H groups in total. The smallest absolute Gasteiger partial charge is 0.258 e. The number of rotatable bonds is 4. The van der Waals surface area contributed by atoms with E-state index in [0.717, 1.165) is 5.69 Å². The molecule has 2 aromatic carbocycles. The number of hydrogen-bond acceptors (Lipinski definition) is 4. The molecular weight excluding hydrogens is 312 g/mol. The Labute approximate surface area is 138 Å². The molecule has 6 heteroatoms. The lowest BCUT2D eigenvalue weighted by Gasteiger charge is -2.07. The van der Waals surface area contributed by atoms with E-state index in [-0.39, 0.29) is 5.91 Å². The van der Waals surface area contributed by atoms with Gasteiger partial charge in [0.1, 0.15) is 0 Å². The van der Waals surface area contributed by atoms with Crippen molar-refractivity contribution >= 4 is 34.8 Å². The number of anilines is 3. The van der Waals surface area contributed by atoms with E-state index in [1.165, 1.54) is 12.4 Å². The van der Waals surface area contributed by atoms with Gasteiger partial charge in [0.2, 0.25) is 5.95 Å². The van der Waals surface area contributed by atoms with Gasteiger partial charge in [-0.1, -0.05) is 35.9 Å². The molecule has 0 spiro atoms. The van der Waals surface area contributed by atoms with E-state index in [1.54, 1.807) is 24.3 Å². The molecule has 23 heavy (non-hydrogen) atoms. The fourth-order valence-electron chi connectivity index (χ4n) is 1.93. The zero-order valence-electron chi connectivity index (χ0n) is 12.0. The predicted molar refractivity (Wildman–Crippen MR) is 91.2 cm³/mol. The molecule has 3 aromatic rings. The van der Waals surface area contributed by atoms with Crippen LogP contribution in [0, 0.1) is 0 Å². The third kappa shape index (κ3) is 4.05.